The van der Waals surface area contributed by atoms with Crippen LogP contribution in [0.5, 0.6) is 5.75 Å². The topological polar surface area (TPSA) is 38.3 Å². The molecule has 1 amide bonds. The number of ether oxygens (including phenoxy) is 1. The molecule has 2 aliphatic rings. The number of amides is 1. The largest absolute Gasteiger partial charge is 0.412 e. The van der Waals surface area contributed by atoms with Crippen molar-refractivity contribution in [3.8, 4) is 5.75 Å². The molecule has 2 unspecified atom stereocenters. The Morgan fingerprint density at radius 3 is 2.85 bits per heavy atom. The average molecular weight is 273 g/mol. The molecule has 3 nitrogen and oxygen atoms in total. The van der Waals surface area contributed by atoms with Gasteiger partial charge in [0.25, 0.3) is 0 Å². The summed E-state index contributed by atoms with van der Waals surface area (Å²) in [5.41, 5.74) is 3.07. The van der Waals surface area contributed by atoms with Gasteiger partial charge in [-0.1, -0.05) is 26.8 Å². The molecule has 1 saturated carbocycles. The van der Waals surface area contributed by atoms with Gasteiger partial charge in [-0.2, -0.15) is 0 Å². The highest BCUT2D eigenvalue weighted by molar-refractivity contribution is 5.70. The molecule has 0 bridgehead atoms. The zero-order valence-corrected chi connectivity index (χ0v) is 12.7. The number of rotatable bonds is 1. The van der Waals surface area contributed by atoms with Crippen molar-refractivity contribution >= 4 is 6.09 Å². The molecule has 0 saturated heterocycles. The highest BCUT2D eigenvalue weighted by atomic mass is 16.5. The second kappa shape index (κ2) is 4.51. The molecule has 20 heavy (non-hydrogen) atoms. The molecule has 0 aliphatic heterocycles. The van der Waals surface area contributed by atoms with E-state index in [4.69, 9.17) is 4.74 Å². The number of hydrogen-bond donors (Lipinski definition) is 1. The lowest BCUT2D eigenvalue weighted by Gasteiger charge is -2.29. The molecule has 4 atom stereocenters. The fourth-order valence-electron chi connectivity index (χ4n) is 4.70. The van der Waals surface area contributed by atoms with E-state index in [9.17, 15) is 4.79 Å². The molecular formula is C17H23NO2. The molecule has 0 aromatic heterocycles. The summed E-state index contributed by atoms with van der Waals surface area (Å²) in [6.07, 6.45) is 2.13. The van der Waals surface area contributed by atoms with Gasteiger partial charge in [-0.25, -0.2) is 4.79 Å². The van der Waals surface area contributed by atoms with Crippen molar-refractivity contribution in [1.29, 1.82) is 0 Å². The minimum atomic E-state index is -0.405. The Balaban J connectivity index is 2.00. The van der Waals surface area contributed by atoms with E-state index >= 15 is 0 Å². The molecule has 1 N–H and O–H groups in total. The lowest BCUT2D eigenvalue weighted by Crippen LogP contribution is -2.26. The summed E-state index contributed by atoms with van der Waals surface area (Å²) in [6, 6.07) is 6.15. The van der Waals surface area contributed by atoms with E-state index in [1.165, 1.54) is 24.0 Å². The summed E-state index contributed by atoms with van der Waals surface area (Å²) in [4.78, 5) is 11.4. The van der Waals surface area contributed by atoms with E-state index in [2.05, 4.69) is 38.2 Å². The van der Waals surface area contributed by atoms with Gasteiger partial charge in [-0.15, -0.1) is 0 Å². The smallest absolute Gasteiger partial charge is 0.410 e. The predicted molar refractivity (Wildman–Crippen MR) is 79.2 cm³/mol. The van der Waals surface area contributed by atoms with Crippen LogP contribution in [0.3, 0.4) is 0 Å². The van der Waals surface area contributed by atoms with Crippen molar-refractivity contribution in [3.05, 3.63) is 29.3 Å². The summed E-state index contributed by atoms with van der Waals surface area (Å²) in [6.45, 7) is 7.10. The average Bonchev–Trinajstić information content (AvgIpc) is 2.85. The summed E-state index contributed by atoms with van der Waals surface area (Å²) >= 11 is 0. The van der Waals surface area contributed by atoms with Crippen LogP contribution in [0.25, 0.3) is 0 Å². The van der Waals surface area contributed by atoms with E-state index in [-0.39, 0.29) is 5.41 Å². The quantitative estimate of drug-likeness (QED) is 0.844. The molecule has 1 aromatic rings. The van der Waals surface area contributed by atoms with Crippen LogP contribution in [0.4, 0.5) is 4.79 Å². The van der Waals surface area contributed by atoms with Gasteiger partial charge in [0.1, 0.15) is 5.75 Å². The van der Waals surface area contributed by atoms with E-state index in [1.54, 1.807) is 7.05 Å². The van der Waals surface area contributed by atoms with Crippen LogP contribution in [-0.4, -0.2) is 13.1 Å². The summed E-state index contributed by atoms with van der Waals surface area (Å²) in [5, 5.41) is 2.49. The zero-order chi connectivity index (χ0) is 14.5. The minimum Gasteiger partial charge on any atom is -0.410 e. The Morgan fingerprint density at radius 2 is 2.15 bits per heavy atom. The van der Waals surface area contributed by atoms with Crippen molar-refractivity contribution in [2.45, 2.75) is 44.9 Å². The first-order valence-electron chi connectivity index (χ1n) is 7.51. The van der Waals surface area contributed by atoms with Crippen LogP contribution >= 0.6 is 0 Å². The van der Waals surface area contributed by atoms with Crippen LogP contribution in [-0.2, 0) is 5.41 Å². The predicted octanol–water partition coefficient (Wildman–Crippen LogP) is 3.83. The second-order valence-corrected chi connectivity index (χ2v) is 6.64. The highest BCUT2D eigenvalue weighted by Gasteiger charge is 2.53. The first-order valence-corrected chi connectivity index (χ1v) is 7.51. The molecule has 0 spiro atoms. The Bertz CT molecular complexity index is 554. The van der Waals surface area contributed by atoms with Crippen LogP contribution in [0.15, 0.2) is 18.2 Å². The highest BCUT2D eigenvalue weighted by Crippen LogP contribution is 2.61. The van der Waals surface area contributed by atoms with Gasteiger partial charge in [0.15, 0.2) is 0 Å². The standard InChI is InChI=1S/C17H23NO2/c1-10-7-8-17(3)14-9-12(20-16(19)18-4)5-6-13(14)11(2)15(10)17/h5-6,9-11,15H,7-8H2,1-4H3,(H,18,19)/t10?,11?,15-,17+/m1/s1. The maximum absolute atomic E-state index is 11.4. The fraction of sp³-hybridized carbons (Fsp3) is 0.588. The molecule has 1 fully saturated rings. The van der Waals surface area contributed by atoms with Crippen LogP contribution < -0.4 is 10.1 Å². The third-order valence-corrected chi connectivity index (χ3v) is 5.55. The van der Waals surface area contributed by atoms with Crippen LogP contribution in [0.1, 0.15) is 50.7 Å². The van der Waals surface area contributed by atoms with Crippen molar-refractivity contribution in [1.82, 2.24) is 5.32 Å². The molecule has 1 aromatic carbocycles. The monoisotopic (exact) mass is 273 g/mol. The van der Waals surface area contributed by atoms with Crippen LogP contribution in [0.2, 0.25) is 0 Å². The number of benzene rings is 1. The number of hydrogen-bond acceptors (Lipinski definition) is 2. The van der Waals surface area contributed by atoms with Gasteiger partial charge in [0.05, 0.1) is 0 Å². The summed E-state index contributed by atoms with van der Waals surface area (Å²) in [7, 11) is 1.58. The zero-order valence-electron chi connectivity index (χ0n) is 12.7. The lowest BCUT2D eigenvalue weighted by atomic mass is 9.75. The van der Waals surface area contributed by atoms with Gasteiger partial charge in [-0.05, 0) is 59.3 Å². The van der Waals surface area contributed by atoms with Crippen molar-refractivity contribution < 1.29 is 9.53 Å². The normalized spacial score (nSPS) is 34.5. The Kier molecular flexibility index (Phi) is 3.03. The van der Waals surface area contributed by atoms with Gasteiger partial charge in [0.2, 0.25) is 0 Å². The number of fused-ring (bicyclic) bond motifs is 3. The molecule has 0 radical (unpaired) electrons. The van der Waals surface area contributed by atoms with Crippen molar-refractivity contribution in [2.75, 3.05) is 7.05 Å². The molecule has 0 heterocycles. The van der Waals surface area contributed by atoms with Gasteiger partial charge < -0.3 is 10.1 Å². The molecular weight excluding hydrogens is 250 g/mol. The van der Waals surface area contributed by atoms with Crippen LogP contribution in [0, 0.1) is 11.8 Å². The van der Waals surface area contributed by atoms with Gasteiger partial charge in [-0.3, -0.25) is 0 Å². The Morgan fingerprint density at radius 1 is 1.40 bits per heavy atom. The third-order valence-electron chi connectivity index (χ3n) is 5.55. The van der Waals surface area contributed by atoms with Crippen molar-refractivity contribution in [3.63, 3.8) is 0 Å². The fourth-order valence-corrected chi connectivity index (χ4v) is 4.70. The summed E-state index contributed by atoms with van der Waals surface area (Å²) < 4.78 is 5.29. The maximum atomic E-state index is 11.4. The van der Waals surface area contributed by atoms with Crippen molar-refractivity contribution in [2.24, 2.45) is 11.8 Å². The summed E-state index contributed by atoms with van der Waals surface area (Å²) in [5.74, 6) is 2.73. The molecule has 108 valence electrons. The Hall–Kier alpha value is -1.51. The van der Waals surface area contributed by atoms with E-state index in [0.717, 1.165) is 5.92 Å². The lowest BCUT2D eigenvalue weighted by molar-refractivity contribution is 0.203. The van der Waals surface area contributed by atoms with E-state index in [0.29, 0.717) is 17.6 Å². The first kappa shape index (κ1) is 13.5. The minimum absolute atomic E-state index is 0.246. The van der Waals surface area contributed by atoms with E-state index < -0.39 is 6.09 Å². The first-order chi connectivity index (χ1) is 9.47. The third kappa shape index (κ3) is 1.75. The molecule has 3 rings (SSSR count). The maximum Gasteiger partial charge on any atom is 0.412 e. The molecule has 2 aliphatic carbocycles. The number of carbonyl (C=O) groups excluding carboxylic acids is 1. The molecule has 3 heteroatoms. The van der Waals surface area contributed by atoms with Gasteiger partial charge >= 0.3 is 6.09 Å². The van der Waals surface area contributed by atoms with E-state index in [1.807, 2.05) is 6.07 Å². The SMILES string of the molecule is CNC(=O)Oc1ccc2c(c1)[C@]1(C)CCC(C)[C@@H]1C2C. The Labute approximate surface area is 120 Å². The van der Waals surface area contributed by atoms with Gasteiger partial charge in [0, 0.05) is 7.05 Å². The number of carbonyl (C=O) groups is 1. The number of nitrogens with one attached hydrogen (secondary N) is 1. The second-order valence-electron chi connectivity index (χ2n) is 6.64.